The lowest BCUT2D eigenvalue weighted by molar-refractivity contribution is -0.121. The number of fused-ring (bicyclic) bond motifs is 1. The maximum absolute atomic E-state index is 12.6. The highest BCUT2D eigenvalue weighted by atomic mass is 16.1. The topological polar surface area (TPSA) is 70.7 Å². The van der Waals surface area contributed by atoms with Crippen LogP contribution in [0.3, 0.4) is 0 Å². The Bertz CT molecular complexity index is 1020. The van der Waals surface area contributed by atoms with Crippen LogP contribution in [0, 0.1) is 25.2 Å². The van der Waals surface area contributed by atoms with Gasteiger partial charge in [0, 0.05) is 12.1 Å². The molecule has 0 bridgehead atoms. The van der Waals surface area contributed by atoms with E-state index in [1.807, 2.05) is 43.7 Å². The molecule has 0 saturated heterocycles. The quantitative estimate of drug-likeness (QED) is 0.667. The molecule has 0 fully saturated rings. The zero-order chi connectivity index (χ0) is 20.1. The van der Waals surface area contributed by atoms with Gasteiger partial charge in [0.15, 0.2) is 0 Å². The molecule has 1 aromatic heterocycles. The van der Waals surface area contributed by atoms with Crippen LogP contribution in [-0.4, -0.2) is 15.7 Å². The van der Waals surface area contributed by atoms with E-state index in [1.165, 1.54) is 10.8 Å². The summed E-state index contributed by atoms with van der Waals surface area (Å²) in [7, 11) is 0. The molecule has 3 aromatic rings. The van der Waals surface area contributed by atoms with Crippen LogP contribution in [0.15, 0.2) is 42.5 Å². The minimum atomic E-state index is -0.0563. The van der Waals surface area contributed by atoms with Crippen LogP contribution in [0.4, 0.5) is 0 Å². The van der Waals surface area contributed by atoms with Crippen LogP contribution < -0.4 is 5.32 Å². The van der Waals surface area contributed by atoms with Crippen molar-refractivity contribution in [2.24, 2.45) is 0 Å². The van der Waals surface area contributed by atoms with Crippen LogP contribution in [0.25, 0.3) is 10.8 Å². The Balaban J connectivity index is 1.65. The van der Waals surface area contributed by atoms with Gasteiger partial charge in [-0.15, -0.1) is 0 Å². The van der Waals surface area contributed by atoms with Gasteiger partial charge in [0.05, 0.1) is 30.8 Å². The number of nitrogens with zero attached hydrogens (tertiary/aromatic N) is 3. The minimum absolute atomic E-state index is 0.0315. The number of nitriles is 1. The zero-order valence-electron chi connectivity index (χ0n) is 16.7. The summed E-state index contributed by atoms with van der Waals surface area (Å²) in [5, 5.41) is 18.7. The summed E-state index contributed by atoms with van der Waals surface area (Å²) in [5.74, 6) is 0.0315. The number of rotatable bonds is 7. The van der Waals surface area contributed by atoms with Crippen molar-refractivity contribution < 1.29 is 4.79 Å². The molecular weight excluding hydrogens is 348 g/mol. The summed E-state index contributed by atoms with van der Waals surface area (Å²) in [6.07, 6.45) is 1.50. The first-order valence-corrected chi connectivity index (χ1v) is 9.68. The molecule has 5 heteroatoms. The molecule has 28 heavy (non-hydrogen) atoms. The molecule has 1 N–H and O–H groups in total. The Morgan fingerprint density at radius 1 is 1.21 bits per heavy atom. The molecule has 0 spiro atoms. The van der Waals surface area contributed by atoms with Gasteiger partial charge in [0.2, 0.25) is 5.91 Å². The third-order valence-electron chi connectivity index (χ3n) is 5.24. The van der Waals surface area contributed by atoms with Gasteiger partial charge in [-0.3, -0.25) is 9.48 Å². The molecule has 1 heterocycles. The first-order chi connectivity index (χ1) is 13.5. The Morgan fingerprint density at radius 3 is 2.75 bits per heavy atom. The first-order valence-electron chi connectivity index (χ1n) is 9.68. The fourth-order valence-corrected chi connectivity index (χ4v) is 3.73. The molecular formula is C23H26N4O. The lowest BCUT2D eigenvalue weighted by Gasteiger charge is -2.17. The van der Waals surface area contributed by atoms with E-state index in [1.54, 1.807) is 0 Å². The number of amides is 1. The van der Waals surface area contributed by atoms with Crippen LogP contribution in [0.1, 0.15) is 48.3 Å². The third kappa shape index (κ3) is 4.23. The van der Waals surface area contributed by atoms with E-state index >= 15 is 0 Å². The fourth-order valence-electron chi connectivity index (χ4n) is 3.73. The highest BCUT2D eigenvalue weighted by molar-refractivity contribution is 5.86. The maximum atomic E-state index is 12.6. The molecule has 0 aliphatic heterocycles. The highest BCUT2D eigenvalue weighted by Gasteiger charge is 2.15. The van der Waals surface area contributed by atoms with E-state index in [4.69, 9.17) is 5.26 Å². The van der Waals surface area contributed by atoms with Gasteiger partial charge in [-0.05, 0) is 49.1 Å². The molecule has 1 amide bonds. The lowest BCUT2D eigenvalue weighted by atomic mass is 9.99. The van der Waals surface area contributed by atoms with Gasteiger partial charge in [-0.25, -0.2) is 0 Å². The average molecular weight is 374 g/mol. The van der Waals surface area contributed by atoms with E-state index in [2.05, 4.69) is 40.8 Å². The summed E-state index contributed by atoms with van der Waals surface area (Å²) in [4.78, 5) is 12.6. The second kappa shape index (κ2) is 8.71. The van der Waals surface area contributed by atoms with Crippen molar-refractivity contribution in [3.8, 4) is 6.07 Å². The molecule has 0 radical (unpaired) electrons. The van der Waals surface area contributed by atoms with Gasteiger partial charge < -0.3 is 5.32 Å². The van der Waals surface area contributed by atoms with Crippen molar-refractivity contribution in [1.29, 1.82) is 5.26 Å². The normalized spacial score (nSPS) is 11.9. The summed E-state index contributed by atoms with van der Waals surface area (Å²) >= 11 is 0. The fraction of sp³-hybridized carbons (Fsp3) is 0.348. The number of aromatic nitrogens is 2. The predicted octanol–water partition coefficient (Wildman–Crippen LogP) is 4.38. The molecule has 0 aliphatic carbocycles. The number of carbonyl (C=O) groups excluding carboxylic acids is 1. The van der Waals surface area contributed by atoms with Crippen molar-refractivity contribution in [2.75, 3.05) is 0 Å². The lowest BCUT2D eigenvalue weighted by Crippen LogP contribution is -2.27. The SMILES string of the molecule is Cc1nn(CCC#N)c(C)c1CCC(=O)NC(C)c1cccc2ccccc12. The standard InChI is InChI=1S/C23H26N4O/c1-16(21-11-6-9-19-8-4-5-10-22(19)21)25-23(28)13-12-20-17(2)26-27(18(20)3)15-7-14-24/h4-6,8-11,16H,7,12-13,15H2,1-3H3,(H,25,28). The van der Waals surface area contributed by atoms with Crippen LogP contribution in [-0.2, 0) is 17.8 Å². The number of hydrogen-bond donors (Lipinski definition) is 1. The number of carbonyl (C=O) groups is 1. The predicted molar refractivity (Wildman–Crippen MR) is 111 cm³/mol. The largest absolute Gasteiger partial charge is 0.350 e. The summed E-state index contributed by atoms with van der Waals surface area (Å²) in [5.41, 5.74) is 4.21. The Labute approximate surface area is 166 Å². The molecule has 1 atom stereocenters. The van der Waals surface area contributed by atoms with E-state index in [9.17, 15) is 4.79 Å². The van der Waals surface area contributed by atoms with Gasteiger partial charge in [-0.2, -0.15) is 10.4 Å². The molecule has 3 rings (SSSR count). The molecule has 5 nitrogen and oxygen atoms in total. The number of benzene rings is 2. The Hall–Kier alpha value is -3.13. The van der Waals surface area contributed by atoms with Crippen molar-refractivity contribution in [1.82, 2.24) is 15.1 Å². The molecule has 2 aromatic carbocycles. The van der Waals surface area contributed by atoms with Crippen LogP contribution in [0.5, 0.6) is 0 Å². The smallest absolute Gasteiger partial charge is 0.220 e. The summed E-state index contributed by atoms with van der Waals surface area (Å²) < 4.78 is 1.87. The molecule has 0 aliphatic rings. The van der Waals surface area contributed by atoms with Gasteiger partial charge in [0.1, 0.15) is 0 Å². The highest BCUT2D eigenvalue weighted by Crippen LogP contribution is 2.24. The van der Waals surface area contributed by atoms with Gasteiger partial charge >= 0.3 is 0 Å². The van der Waals surface area contributed by atoms with E-state index in [0.717, 1.165) is 22.5 Å². The third-order valence-corrected chi connectivity index (χ3v) is 5.24. The minimum Gasteiger partial charge on any atom is -0.350 e. The molecule has 1 unspecified atom stereocenters. The monoisotopic (exact) mass is 374 g/mol. The molecule has 144 valence electrons. The van der Waals surface area contributed by atoms with Crippen LogP contribution in [0.2, 0.25) is 0 Å². The maximum Gasteiger partial charge on any atom is 0.220 e. The second-order valence-electron chi connectivity index (χ2n) is 7.14. The zero-order valence-corrected chi connectivity index (χ0v) is 16.7. The average Bonchev–Trinajstić information content (AvgIpc) is 2.97. The van der Waals surface area contributed by atoms with Crippen LogP contribution >= 0.6 is 0 Å². The van der Waals surface area contributed by atoms with Crippen molar-refractivity contribution >= 4 is 16.7 Å². The second-order valence-corrected chi connectivity index (χ2v) is 7.14. The van der Waals surface area contributed by atoms with Gasteiger partial charge in [-0.1, -0.05) is 42.5 Å². The van der Waals surface area contributed by atoms with Crippen molar-refractivity contribution in [3.05, 3.63) is 65.0 Å². The number of hydrogen-bond acceptors (Lipinski definition) is 3. The van der Waals surface area contributed by atoms with E-state index in [-0.39, 0.29) is 11.9 Å². The van der Waals surface area contributed by atoms with E-state index in [0.29, 0.717) is 25.8 Å². The number of nitrogens with one attached hydrogen (secondary N) is 1. The first kappa shape index (κ1) is 19.6. The number of aryl methyl sites for hydroxylation is 2. The van der Waals surface area contributed by atoms with Crippen molar-refractivity contribution in [3.63, 3.8) is 0 Å². The summed E-state index contributed by atoms with van der Waals surface area (Å²) in [6, 6.07) is 16.5. The van der Waals surface area contributed by atoms with Crippen molar-refractivity contribution in [2.45, 2.75) is 52.6 Å². The Morgan fingerprint density at radius 2 is 1.96 bits per heavy atom. The molecule has 0 saturated carbocycles. The van der Waals surface area contributed by atoms with Gasteiger partial charge in [0.25, 0.3) is 0 Å². The van der Waals surface area contributed by atoms with E-state index < -0.39 is 0 Å². The Kier molecular flexibility index (Phi) is 6.10. The summed E-state index contributed by atoms with van der Waals surface area (Å²) in [6.45, 7) is 6.58.